The number of aliphatic hydroxyl groups is 2. The van der Waals surface area contributed by atoms with Crippen LogP contribution in [0.4, 0.5) is 0 Å². The van der Waals surface area contributed by atoms with Gasteiger partial charge in [-0.05, 0) is 13.8 Å². The second-order valence-corrected chi connectivity index (χ2v) is 5.18. The molecule has 1 saturated heterocycles. The molecule has 0 aromatic carbocycles. The van der Waals surface area contributed by atoms with Crippen LogP contribution >= 0.6 is 0 Å². The number of hydrogen-bond acceptors (Lipinski definition) is 5. The van der Waals surface area contributed by atoms with Gasteiger partial charge in [-0.1, -0.05) is 5.92 Å². The summed E-state index contributed by atoms with van der Waals surface area (Å²) in [4.78, 5) is 25.5. The van der Waals surface area contributed by atoms with Gasteiger partial charge in [0, 0.05) is 11.8 Å². The van der Waals surface area contributed by atoms with Crippen molar-refractivity contribution in [1.82, 2.24) is 9.55 Å². The largest absolute Gasteiger partial charge is 0.392 e. The predicted molar refractivity (Wildman–Crippen MR) is 70.3 cm³/mol. The second-order valence-electron chi connectivity index (χ2n) is 5.18. The van der Waals surface area contributed by atoms with Crippen LogP contribution in [0.15, 0.2) is 15.8 Å². The Balaban J connectivity index is 2.60. The molecule has 0 bridgehead atoms. The molecule has 3 atom stereocenters. The zero-order valence-corrected chi connectivity index (χ0v) is 11.2. The van der Waals surface area contributed by atoms with Crippen LogP contribution in [0.3, 0.4) is 0 Å². The topological polar surface area (TPSA) is 105 Å². The molecule has 1 aromatic rings. The summed E-state index contributed by atoms with van der Waals surface area (Å²) in [5.74, 6) is 2.24. The molecule has 3 N–H and O–H groups in total. The van der Waals surface area contributed by atoms with E-state index in [4.69, 9.17) is 11.2 Å². The normalized spacial score (nSPS) is 33.0. The first-order valence-corrected chi connectivity index (χ1v) is 6.04. The predicted octanol–water partition coefficient (Wildman–Crippen LogP) is -1.68. The van der Waals surface area contributed by atoms with Crippen molar-refractivity contribution in [2.45, 2.75) is 31.1 Å². The smallest absolute Gasteiger partial charge is 0.329 e. The summed E-state index contributed by atoms with van der Waals surface area (Å²) in [5, 5.41) is 19.8. The Morgan fingerprint density at radius 1 is 1.65 bits per heavy atom. The van der Waals surface area contributed by atoms with Crippen LogP contribution in [0.5, 0.6) is 0 Å². The van der Waals surface area contributed by atoms with Crippen molar-refractivity contribution in [1.29, 1.82) is 0 Å². The number of aryl methyl sites for hydroxylation is 1. The molecule has 0 spiro atoms. The summed E-state index contributed by atoms with van der Waals surface area (Å²) in [7, 11) is 0. The molecule has 1 aromatic heterocycles. The standard InChI is InChI=1S/C13H16N2O5/c1-4-13(6-16)10(18)12(3,7-20-13)15-5-8(2)9(17)14-11(15)19/h1,5,10,16,18H,6-7H2,2-3H3,(H,14,17,19). The highest BCUT2D eigenvalue weighted by atomic mass is 16.5. The van der Waals surface area contributed by atoms with Crippen molar-refractivity contribution in [3.8, 4) is 12.3 Å². The average molecular weight is 280 g/mol. The first-order chi connectivity index (χ1) is 9.30. The molecule has 3 unspecified atom stereocenters. The number of aromatic nitrogens is 2. The van der Waals surface area contributed by atoms with Gasteiger partial charge in [-0.3, -0.25) is 14.3 Å². The van der Waals surface area contributed by atoms with Gasteiger partial charge in [-0.15, -0.1) is 6.42 Å². The molecule has 108 valence electrons. The first-order valence-electron chi connectivity index (χ1n) is 6.04. The number of rotatable bonds is 2. The lowest BCUT2D eigenvalue weighted by atomic mass is 9.86. The highest BCUT2D eigenvalue weighted by Gasteiger charge is 2.56. The van der Waals surface area contributed by atoms with Gasteiger partial charge < -0.3 is 14.9 Å². The Kier molecular flexibility index (Phi) is 3.34. The van der Waals surface area contributed by atoms with Crippen LogP contribution in [0.2, 0.25) is 0 Å². The molecule has 7 heteroatoms. The van der Waals surface area contributed by atoms with Gasteiger partial charge in [0.25, 0.3) is 5.56 Å². The molecule has 2 heterocycles. The Bertz CT molecular complexity index is 685. The first kappa shape index (κ1) is 14.5. The van der Waals surface area contributed by atoms with E-state index in [-0.39, 0.29) is 6.61 Å². The van der Waals surface area contributed by atoms with Crippen molar-refractivity contribution in [3.05, 3.63) is 32.6 Å². The Morgan fingerprint density at radius 2 is 2.30 bits per heavy atom. The number of H-pyrrole nitrogens is 1. The minimum absolute atomic E-state index is 0.0652. The molecule has 1 aliphatic heterocycles. The number of ether oxygens (including phenoxy) is 1. The molecule has 0 radical (unpaired) electrons. The quantitative estimate of drug-likeness (QED) is 0.561. The van der Waals surface area contributed by atoms with Crippen LogP contribution in [-0.4, -0.2) is 44.7 Å². The van der Waals surface area contributed by atoms with Crippen molar-refractivity contribution in [2.75, 3.05) is 13.2 Å². The highest BCUT2D eigenvalue weighted by molar-refractivity contribution is 5.21. The van der Waals surface area contributed by atoms with Crippen LogP contribution in [0.25, 0.3) is 0 Å². The van der Waals surface area contributed by atoms with Crippen LogP contribution in [-0.2, 0) is 10.3 Å². The summed E-state index contributed by atoms with van der Waals surface area (Å²) in [6.07, 6.45) is 5.37. The third-order valence-corrected chi connectivity index (χ3v) is 3.80. The number of aromatic amines is 1. The molecule has 7 nitrogen and oxygen atoms in total. The molecule has 0 saturated carbocycles. The van der Waals surface area contributed by atoms with Gasteiger partial charge in [0.15, 0.2) is 5.60 Å². The lowest BCUT2D eigenvalue weighted by Gasteiger charge is -2.32. The molecule has 1 fully saturated rings. The van der Waals surface area contributed by atoms with Crippen molar-refractivity contribution < 1.29 is 14.9 Å². The minimum Gasteiger partial charge on any atom is -0.392 e. The third-order valence-electron chi connectivity index (χ3n) is 3.80. The van der Waals surface area contributed by atoms with Gasteiger partial charge in [0.05, 0.1) is 18.8 Å². The van der Waals surface area contributed by atoms with E-state index in [9.17, 15) is 19.8 Å². The molecule has 1 aliphatic rings. The third kappa shape index (κ3) is 1.81. The molecular formula is C13H16N2O5. The maximum Gasteiger partial charge on any atom is 0.329 e. The lowest BCUT2D eigenvalue weighted by Crippen LogP contribution is -2.54. The maximum atomic E-state index is 11.9. The Labute approximate surface area is 114 Å². The van der Waals surface area contributed by atoms with Crippen LogP contribution in [0, 0.1) is 19.3 Å². The number of aliphatic hydroxyl groups excluding tert-OH is 2. The zero-order chi connectivity index (χ0) is 15.1. The highest BCUT2D eigenvalue weighted by Crippen LogP contribution is 2.37. The second kappa shape index (κ2) is 4.59. The summed E-state index contributed by atoms with van der Waals surface area (Å²) < 4.78 is 6.54. The Hall–Kier alpha value is -1.88. The minimum atomic E-state index is -1.56. The van der Waals surface area contributed by atoms with Gasteiger partial charge in [-0.25, -0.2) is 4.79 Å². The summed E-state index contributed by atoms with van der Waals surface area (Å²) in [5.41, 5.74) is -3.58. The van der Waals surface area contributed by atoms with E-state index in [1.807, 2.05) is 0 Å². The van der Waals surface area contributed by atoms with E-state index in [0.717, 1.165) is 0 Å². The molecular weight excluding hydrogens is 264 g/mol. The average Bonchev–Trinajstić information content (AvgIpc) is 2.68. The number of hydrogen-bond donors (Lipinski definition) is 3. The van der Waals surface area contributed by atoms with E-state index in [1.165, 1.54) is 10.8 Å². The van der Waals surface area contributed by atoms with Gasteiger partial charge in [0.2, 0.25) is 0 Å². The van der Waals surface area contributed by atoms with Crippen molar-refractivity contribution >= 4 is 0 Å². The molecule has 20 heavy (non-hydrogen) atoms. The van der Waals surface area contributed by atoms with E-state index >= 15 is 0 Å². The van der Waals surface area contributed by atoms with Crippen molar-refractivity contribution in [3.63, 3.8) is 0 Å². The summed E-state index contributed by atoms with van der Waals surface area (Å²) in [6, 6.07) is 0. The Morgan fingerprint density at radius 3 is 2.80 bits per heavy atom. The fraction of sp³-hybridized carbons (Fsp3) is 0.538. The zero-order valence-electron chi connectivity index (χ0n) is 11.2. The van der Waals surface area contributed by atoms with E-state index in [2.05, 4.69) is 10.9 Å². The lowest BCUT2D eigenvalue weighted by molar-refractivity contribution is -0.0533. The maximum absolute atomic E-state index is 11.9. The van der Waals surface area contributed by atoms with Crippen molar-refractivity contribution in [2.24, 2.45) is 0 Å². The fourth-order valence-corrected chi connectivity index (χ4v) is 2.38. The van der Waals surface area contributed by atoms with E-state index in [0.29, 0.717) is 5.56 Å². The molecule has 2 rings (SSSR count). The SMILES string of the molecule is C#CC1(CO)OCC(C)(n2cc(C)c(=O)[nH]c2=O)C1O. The number of nitrogens with one attached hydrogen (secondary N) is 1. The number of terminal acetylenes is 1. The van der Waals surface area contributed by atoms with Crippen LogP contribution < -0.4 is 11.2 Å². The van der Waals surface area contributed by atoms with Gasteiger partial charge >= 0.3 is 5.69 Å². The summed E-state index contributed by atoms with van der Waals surface area (Å²) >= 11 is 0. The summed E-state index contributed by atoms with van der Waals surface area (Å²) in [6.45, 7) is 2.48. The monoisotopic (exact) mass is 280 g/mol. The van der Waals surface area contributed by atoms with Crippen LogP contribution in [0.1, 0.15) is 12.5 Å². The molecule has 0 amide bonds. The fourth-order valence-electron chi connectivity index (χ4n) is 2.38. The van der Waals surface area contributed by atoms with E-state index in [1.54, 1.807) is 13.8 Å². The molecule has 0 aliphatic carbocycles. The van der Waals surface area contributed by atoms with Gasteiger partial charge in [0.1, 0.15) is 6.10 Å². The van der Waals surface area contributed by atoms with Gasteiger partial charge in [-0.2, -0.15) is 0 Å². The van der Waals surface area contributed by atoms with E-state index < -0.39 is 35.1 Å². The number of nitrogens with zero attached hydrogens (tertiary/aromatic N) is 1.